The van der Waals surface area contributed by atoms with Crippen LogP contribution in [-0.2, 0) is 0 Å². The van der Waals surface area contributed by atoms with Crippen LogP contribution in [0.25, 0.3) is 0 Å². The van der Waals surface area contributed by atoms with Crippen molar-refractivity contribution in [3.8, 4) is 0 Å². The van der Waals surface area contributed by atoms with Gasteiger partial charge in [-0.1, -0.05) is 27.7 Å². The Morgan fingerprint density at radius 1 is 1.28 bits per heavy atom. The van der Waals surface area contributed by atoms with Crippen LogP contribution in [0.15, 0.2) is 0 Å². The minimum absolute atomic E-state index is 0.387. The largest absolute Gasteiger partial charge is 0.311 e. The van der Waals surface area contributed by atoms with Crippen molar-refractivity contribution in [2.24, 2.45) is 11.3 Å². The summed E-state index contributed by atoms with van der Waals surface area (Å²) in [5.74, 6) is 3.52. The molecule has 2 rings (SSSR count). The van der Waals surface area contributed by atoms with Crippen LogP contribution in [0.1, 0.15) is 40.5 Å². The Bertz CT molecular complexity index is 258. The second-order valence-corrected chi connectivity index (χ2v) is 8.32. The molecular formula is C15H30N2S. The molecule has 3 heteroatoms. The number of piperazine rings is 1. The molecule has 1 aliphatic heterocycles. The lowest BCUT2D eigenvalue weighted by molar-refractivity contribution is 0.0568. The second-order valence-electron chi connectivity index (χ2n) is 6.93. The lowest BCUT2D eigenvalue weighted by Crippen LogP contribution is -2.61. The van der Waals surface area contributed by atoms with Crippen molar-refractivity contribution in [1.29, 1.82) is 0 Å². The number of nitrogens with one attached hydrogen (secondary N) is 1. The van der Waals surface area contributed by atoms with E-state index in [0.717, 1.165) is 12.0 Å². The normalized spacial score (nSPS) is 30.7. The second kappa shape index (κ2) is 6.15. The Hall–Kier alpha value is 0.270. The lowest BCUT2D eigenvalue weighted by atomic mass is 9.83. The summed E-state index contributed by atoms with van der Waals surface area (Å²) >= 11 is 2.08. The monoisotopic (exact) mass is 270 g/mol. The summed E-state index contributed by atoms with van der Waals surface area (Å²) in [7, 11) is 0. The molecule has 1 N–H and O–H groups in total. The van der Waals surface area contributed by atoms with Crippen molar-refractivity contribution in [3.63, 3.8) is 0 Å². The molecule has 0 radical (unpaired) electrons. The van der Waals surface area contributed by atoms with Gasteiger partial charge in [0.25, 0.3) is 0 Å². The Morgan fingerprint density at radius 2 is 2.00 bits per heavy atom. The summed E-state index contributed by atoms with van der Waals surface area (Å²) in [5.41, 5.74) is 0.387. The highest BCUT2D eigenvalue weighted by Gasteiger charge is 2.40. The van der Waals surface area contributed by atoms with E-state index in [1.165, 1.54) is 44.0 Å². The Balaban J connectivity index is 1.91. The van der Waals surface area contributed by atoms with Gasteiger partial charge in [0.15, 0.2) is 0 Å². The average Bonchev–Trinajstić information content (AvgIpc) is 3.11. The fraction of sp³-hybridized carbons (Fsp3) is 1.00. The quantitative estimate of drug-likeness (QED) is 0.773. The van der Waals surface area contributed by atoms with Gasteiger partial charge in [-0.15, -0.1) is 0 Å². The van der Waals surface area contributed by atoms with Crippen LogP contribution in [0.3, 0.4) is 0 Å². The molecule has 1 aliphatic carbocycles. The minimum Gasteiger partial charge on any atom is -0.311 e. The molecule has 106 valence electrons. The third-order valence-corrected chi connectivity index (χ3v) is 5.24. The molecule has 2 aliphatic rings. The van der Waals surface area contributed by atoms with Crippen molar-refractivity contribution < 1.29 is 0 Å². The van der Waals surface area contributed by atoms with Crippen LogP contribution < -0.4 is 5.32 Å². The predicted molar refractivity (Wildman–Crippen MR) is 82.3 cm³/mol. The Labute approximate surface area is 117 Å². The SMILES string of the molecule is CCSCCN1CC(C2CC2)NCC1C(C)(C)C. The van der Waals surface area contributed by atoms with Gasteiger partial charge in [-0.25, -0.2) is 0 Å². The van der Waals surface area contributed by atoms with E-state index in [4.69, 9.17) is 0 Å². The van der Waals surface area contributed by atoms with Gasteiger partial charge < -0.3 is 5.32 Å². The summed E-state index contributed by atoms with van der Waals surface area (Å²) in [5, 5.41) is 3.81. The van der Waals surface area contributed by atoms with Gasteiger partial charge in [-0.2, -0.15) is 11.8 Å². The van der Waals surface area contributed by atoms with E-state index in [2.05, 4.69) is 49.7 Å². The zero-order chi connectivity index (χ0) is 13.2. The smallest absolute Gasteiger partial charge is 0.0270 e. The first-order valence-corrected chi connectivity index (χ1v) is 8.73. The molecule has 0 aromatic heterocycles. The van der Waals surface area contributed by atoms with E-state index in [-0.39, 0.29) is 0 Å². The fourth-order valence-electron chi connectivity index (χ4n) is 3.08. The van der Waals surface area contributed by atoms with E-state index in [1.54, 1.807) is 0 Å². The van der Waals surface area contributed by atoms with Crippen LogP contribution in [0.5, 0.6) is 0 Å². The van der Waals surface area contributed by atoms with Gasteiger partial charge in [-0.05, 0) is 29.9 Å². The number of hydrogen-bond acceptors (Lipinski definition) is 3. The fourth-order valence-corrected chi connectivity index (χ4v) is 3.73. The molecule has 2 nitrogen and oxygen atoms in total. The molecule has 2 unspecified atom stereocenters. The van der Waals surface area contributed by atoms with E-state index in [0.29, 0.717) is 11.5 Å². The molecule has 1 saturated heterocycles. The third kappa shape index (κ3) is 3.88. The summed E-state index contributed by atoms with van der Waals surface area (Å²) < 4.78 is 0. The molecule has 0 aromatic rings. The van der Waals surface area contributed by atoms with E-state index < -0.39 is 0 Å². The standard InChI is InChI=1S/C15H30N2S/c1-5-18-9-8-17-11-13(12-6-7-12)16-10-14(17)15(2,3)4/h12-14,16H,5-11H2,1-4H3. The van der Waals surface area contributed by atoms with Crippen molar-refractivity contribution in [1.82, 2.24) is 10.2 Å². The number of nitrogens with zero attached hydrogens (tertiary/aromatic N) is 1. The van der Waals surface area contributed by atoms with E-state index in [1.807, 2.05) is 0 Å². The molecule has 0 bridgehead atoms. The van der Waals surface area contributed by atoms with Gasteiger partial charge >= 0.3 is 0 Å². The number of thioether (sulfide) groups is 1. The van der Waals surface area contributed by atoms with Crippen LogP contribution in [0.4, 0.5) is 0 Å². The topological polar surface area (TPSA) is 15.3 Å². The van der Waals surface area contributed by atoms with Crippen LogP contribution >= 0.6 is 11.8 Å². The van der Waals surface area contributed by atoms with E-state index in [9.17, 15) is 0 Å². The molecule has 0 spiro atoms. The predicted octanol–water partition coefficient (Wildman–Crippen LogP) is 2.84. The first-order valence-electron chi connectivity index (χ1n) is 7.57. The maximum Gasteiger partial charge on any atom is 0.0270 e. The average molecular weight is 270 g/mol. The summed E-state index contributed by atoms with van der Waals surface area (Å²) in [6, 6.07) is 1.47. The van der Waals surface area contributed by atoms with Crippen LogP contribution in [-0.4, -0.2) is 48.1 Å². The molecule has 1 saturated carbocycles. The maximum absolute atomic E-state index is 3.81. The summed E-state index contributed by atoms with van der Waals surface area (Å²) in [6.45, 7) is 13.1. The zero-order valence-electron chi connectivity index (χ0n) is 12.5. The number of rotatable bonds is 5. The number of hydrogen-bond donors (Lipinski definition) is 1. The van der Waals surface area contributed by atoms with Crippen molar-refractivity contribution >= 4 is 11.8 Å². The van der Waals surface area contributed by atoms with Gasteiger partial charge in [-0.3, -0.25) is 4.90 Å². The molecule has 0 aromatic carbocycles. The molecule has 2 atom stereocenters. The molecule has 0 amide bonds. The van der Waals surface area contributed by atoms with Gasteiger partial charge in [0, 0.05) is 37.5 Å². The Kier molecular flexibility index (Phi) is 5.01. The third-order valence-electron chi connectivity index (χ3n) is 4.36. The van der Waals surface area contributed by atoms with Crippen molar-refractivity contribution in [2.45, 2.75) is 52.6 Å². The Morgan fingerprint density at radius 3 is 2.56 bits per heavy atom. The van der Waals surface area contributed by atoms with Gasteiger partial charge in [0.1, 0.15) is 0 Å². The highest BCUT2D eigenvalue weighted by atomic mass is 32.2. The minimum atomic E-state index is 0.387. The first kappa shape index (κ1) is 14.7. The van der Waals surface area contributed by atoms with E-state index >= 15 is 0 Å². The zero-order valence-corrected chi connectivity index (χ0v) is 13.4. The van der Waals surface area contributed by atoms with Gasteiger partial charge in [0.05, 0.1) is 0 Å². The highest BCUT2D eigenvalue weighted by Crippen LogP contribution is 2.36. The molecule has 2 fully saturated rings. The molecule has 1 heterocycles. The van der Waals surface area contributed by atoms with Gasteiger partial charge in [0.2, 0.25) is 0 Å². The van der Waals surface area contributed by atoms with Crippen LogP contribution in [0.2, 0.25) is 0 Å². The first-order chi connectivity index (χ1) is 8.52. The summed E-state index contributed by atoms with van der Waals surface area (Å²) in [4.78, 5) is 2.77. The van der Waals surface area contributed by atoms with Crippen molar-refractivity contribution in [3.05, 3.63) is 0 Å². The lowest BCUT2D eigenvalue weighted by Gasteiger charge is -2.46. The molecular weight excluding hydrogens is 240 g/mol. The summed E-state index contributed by atoms with van der Waals surface area (Å²) in [6.07, 6.45) is 2.91. The highest BCUT2D eigenvalue weighted by molar-refractivity contribution is 7.99. The van der Waals surface area contributed by atoms with Crippen LogP contribution in [0, 0.1) is 11.3 Å². The maximum atomic E-state index is 3.81. The molecule has 18 heavy (non-hydrogen) atoms. The van der Waals surface area contributed by atoms with Crippen molar-refractivity contribution in [2.75, 3.05) is 31.1 Å².